The number of rotatable bonds is 2. The molecule has 1 aliphatic rings. The number of ether oxygens (including phenoxy) is 2. The summed E-state index contributed by atoms with van der Waals surface area (Å²) in [6, 6.07) is -0.528. The fourth-order valence-electron chi connectivity index (χ4n) is 1.74. The lowest BCUT2D eigenvalue weighted by molar-refractivity contribution is -0.114. The first kappa shape index (κ1) is 13.0. The Morgan fingerprint density at radius 2 is 2.06 bits per heavy atom. The maximum absolute atomic E-state index is 11.8. The van der Waals surface area contributed by atoms with E-state index in [4.69, 9.17) is 9.47 Å². The monoisotopic (exact) mass is 229 g/mol. The molecule has 16 heavy (non-hydrogen) atoms. The zero-order chi connectivity index (χ0) is 12.3. The van der Waals surface area contributed by atoms with Crippen LogP contribution in [0.2, 0.25) is 0 Å². The lowest BCUT2D eigenvalue weighted by Crippen LogP contribution is -2.43. The van der Waals surface area contributed by atoms with Crippen LogP contribution in [0.5, 0.6) is 0 Å². The van der Waals surface area contributed by atoms with Crippen LogP contribution in [0.25, 0.3) is 0 Å². The second kappa shape index (κ2) is 4.82. The molecule has 1 saturated heterocycles. The van der Waals surface area contributed by atoms with Crippen molar-refractivity contribution in [3.63, 3.8) is 0 Å². The Hall–Kier alpha value is -1.10. The summed E-state index contributed by atoms with van der Waals surface area (Å²) in [5.74, 6) is 0. The fourth-order valence-corrected chi connectivity index (χ4v) is 1.74. The van der Waals surface area contributed by atoms with Crippen molar-refractivity contribution in [2.75, 3.05) is 13.7 Å². The lowest BCUT2D eigenvalue weighted by atomic mass is 10.2. The molecule has 2 unspecified atom stereocenters. The second-order valence-corrected chi connectivity index (χ2v) is 4.86. The van der Waals surface area contributed by atoms with Crippen molar-refractivity contribution in [2.45, 2.75) is 44.9 Å². The summed E-state index contributed by atoms with van der Waals surface area (Å²) in [6.45, 7) is 5.89. The van der Waals surface area contributed by atoms with Gasteiger partial charge < -0.3 is 14.3 Å². The molecule has 0 aromatic carbocycles. The fraction of sp³-hybridized carbons (Fsp3) is 0.818. The molecule has 5 nitrogen and oxygen atoms in total. The van der Waals surface area contributed by atoms with Gasteiger partial charge in [0.2, 0.25) is 0 Å². The van der Waals surface area contributed by atoms with Crippen molar-refractivity contribution >= 4 is 12.4 Å². The molecule has 0 aromatic heterocycles. The van der Waals surface area contributed by atoms with Crippen LogP contribution < -0.4 is 0 Å². The van der Waals surface area contributed by atoms with E-state index in [0.29, 0.717) is 13.0 Å². The molecule has 0 N–H and O–H groups in total. The summed E-state index contributed by atoms with van der Waals surface area (Å²) in [4.78, 5) is 24.1. The predicted octanol–water partition coefficient (Wildman–Crippen LogP) is 1.21. The van der Waals surface area contributed by atoms with Gasteiger partial charge in [-0.2, -0.15) is 0 Å². The predicted molar refractivity (Wildman–Crippen MR) is 58.2 cm³/mol. The zero-order valence-corrected chi connectivity index (χ0v) is 10.2. The molecular weight excluding hydrogens is 210 g/mol. The normalized spacial score (nSPS) is 25.6. The average Bonchev–Trinajstić information content (AvgIpc) is 2.57. The zero-order valence-electron chi connectivity index (χ0n) is 10.2. The average molecular weight is 229 g/mol. The summed E-state index contributed by atoms with van der Waals surface area (Å²) in [7, 11) is 1.54. The van der Waals surface area contributed by atoms with Crippen molar-refractivity contribution in [1.82, 2.24) is 4.90 Å². The van der Waals surface area contributed by atoms with Crippen molar-refractivity contribution in [2.24, 2.45) is 0 Å². The lowest BCUT2D eigenvalue weighted by Gasteiger charge is -2.27. The molecule has 1 rings (SSSR count). The summed E-state index contributed by atoms with van der Waals surface area (Å²) in [5, 5.41) is 0. The molecule has 0 bridgehead atoms. The summed E-state index contributed by atoms with van der Waals surface area (Å²) < 4.78 is 10.4. The molecule has 0 saturated carbocycles. The summed E-state index contributed by atoms with van der Waals surface area (Å²) in [5.41, 5.74) is -0.546. The largest absolute Gasteiger partial charge is 0.444 e. The number of carbonyl (C=O) groups excluding carboxylic acids is 2. The van der Waals surface area contributed by atoms with E-state index in [9.17, 15) is 9.59 Å². The van der Waals surface area contributed by atoms with Crippen LogP contribution in [0.4, 0.5) is 4.79 Å². The van der Waals surface area contributed by atoms with Crippen LogP contribution in [-0.4, -0.2) is 48.7 Å². The molecule has 1 fully saturated rings. The van der Waals surface area contributed by atoms with Crippen LogP contribution >= 0.6 is 0 Å². The van der Waals surface area contributed by atoms with E-state index < -0.39 is 17.7 Å². The number of hydrogen-bond acceptors (Lipinski definition) is 4. The topological polar surface area (TPSA) is 55.8 Å². The molecule has 0 aromatic rings. The summed E-state index contributed by atoms with van der Waals surface area (Å²) in [6.07, 6.45) is 0.735. The van der Waals surface area contributed by atoms with Gasteiger partial charge in [0.05, 0.1) is 6.10 Å². The number of carbonyl (C=O) groups is 2. The van der Waals surface area contributed by atoms with Gasteiger partial charge in [-0.3, -0.25) is 4.90 Å². The van der Waals surface area contributed by atoms with Crippen molar-refractivity contribution in [3.8, 4) is 0 Å². The smallest absolute Gasteiger partial charge is 0.410 e. The van der Waals surface area contributed by atoms with Gasteiger partial charge in [0, 0.05) is 13.7 Å². The number of methoxy groups -OCH3 is 1. The molecule has 1 heterocycles. The van der Waals surface area contributed by atoms with Crippen LogP contribution in [0.1, 0.15) is 27.2 Å². The Balaban J connectivity index is 2.67. The number of aldehydes is 1. The van der Waals surface area contributed by atoms with Crippen LogP contribution in [0, 0.1) is 0 Å². The minimum absolute atomic E-state index is 0.218. The Kier molecular flexibility index (Phi) is 3.91. The van der Waals surface area contributed by atoms with Crippen molar-refractivity contribution < 1.29 is 19.1 Å². The van der Waals surface area contributed by atoms with Crippen LogP contribution in [0.15, 0.2) is 0 Å². The maximum atomic E-state index is 11.8. The van der Waals surface area contributed by atoms with E-state index in [1.807, 2.05) is 0 Å². The molecule has 5 heteroatoms. The Labute approximate surface area is 95.7 Å². The van der Waals surface area contributed by atoms with E-state index in [-0.39, 0.29) is 6.10 Å². The molecular formula is C11H19NO4. The van der Waals surface area contributed by atoms with E-state index >= 15 is 0 Å². The first-order chi connectivity index (χ1) is 7.39. The van der Waals surface area contributed by atoms with Gasteiger partial charge in [-0.05, 0) is 27.2 Å². The standard InChI is InChI=1S/C11H19NO4/c1-11(2,3)16-10(14)12-6-5-9(15-4)8(12)7-13/h7-9H,5-6H2,1-4H3. The Morgan fingerprint density at radius 1 is 1.44 bits per heavy atom. The summed E-state index contributed by atoms with van der Waals surface area (Å²) >= 11 is 0. The minimum Gasteiger partial charge on any atom is -0.444 e. The first-order valence-corrected chi connectivity index (χ1v) is 5.36. The molecule has 0 aliphatic carbocycles. The molecule has 1 amide bonds. The Morgan fingerprint density at radius 3 is 2.50 bits per heavy atom. The number of nitrogens with zero attached hydrogens (tertiary/aromatic N) is 1. The molecule has 0 radical (unpaired) electrons. The third-order valence-corrected chi connectivity index (χ3v) is 2.47. The van der Waals surface area contributed by atoms with Gasteiger partial charge in [0.25, 0.3) is 0 Å². The highest BCUT2D eigenvalue weighted by molar-refractivity contribution is 5.75. The van der Waals surface area contributed by atoms with Gasteiger partial charge >= 0.3 is 6.09 Å². The first-order valence-electron chi connectivity index (χ1n) is 5.36. The van der Waals surface area contributed by atoms with E-state index in [2.05, 4.69) is 0 Å². The van der Waals surface area contributed by atoms with E-state index in [1.165, 1.54) is 4.90 Å². The van der Waals surface area contributed by atoms with Gasteiger partial charge in [-0.1, -0.05) is 0 Å². The number of likely N-dealkylation sites (tertiary alicyclic amines) is 1. The van der Waals surface area contributed by atoms with Gasteiger partial charge in [0.15, 0.2) is 0 Å². The van der Waals surface area contributed by atoms with Crippen molar-refractivity contribution in [1.29, 1.82) is 0 Å². The van der Waals surface area contributed by atoms with Gasteiger partial charge in [-0.25, -0.2) is 4.79 Å². The third kappa shape index (κ3) is 2.95. The Bertz CT molecular complexity index is 272. The highest BCUT2D eigenvalue weighted by Crippen LogP contribution is 2.21. The minimum atomic E-state index is -0.546. The van der Waals surface area contributed by atoms with Crippen LogP contribution in [0.3, 0.4) is 0 Å². The quantitative estimate of drug-likeness (QED) is 0.668. The van der Waals surface area contributed by atoms with Crippen molar-refractivity contribution in [3.05, 3.63) is 0 Å². The molecule has 92 valence electrons. The highest BCUT2D eigenvalue weighted by Gasteiger charge is 2.39. The van der Waals surface area contributed by atoms with E-state index in [1.54, 1.807) is 27.9 Å². The van der Waals surface area contributed by atoms with Gasteiger partial charge in [0.1, 0.15) is 17.9 Å². The molecule has 1 aliphatic heterocycles. The SMILES string of the molecule is COC1CCN(C(=O)OC(C)(C)C)C1C=O. The van der Waals surface area contributed by atoms with Gasteiger partial charge in [-0.15, -0.1) is 0 Å². The highest BCUT2D eigenvalue weighted by atomic mass is 16.6. The number of amides is 1. The second-order valence-electron chi connectivity index (χ2n) is 4.86. The number of hydrogen-bond donors (Lipinski definition) is 0. The third-order valence-electron chi connectivity index (χ3n) is 2.47. The van der Waals surface area contributed by atoms with E-state index in [0.717, 1.165) is 6.29 Å². The molecule has 0 spiro atoms. The maximum Gasteiger partial charge on any atom is 0.410 e. The molecule has 2 atom stereocenters. The van der Waals surface area contributed by atoms with Crippen LogP contribution in [-0.2, 0) is 14.3 Å².